The number of ether oxygens (including phenoxy) is 1. The lowest BCUT2D eigenvalue weighted by Gasteiger charge is -2.38. The minimum Gasteiger partial charge on any atom is -0.408 e. The summed E-state index contributed by atoms with van der Waals surface area (Å²) in [5.74, 6) is -0.317. The highest BCUT2D eigenvalue weighted by Gasteiger charge is 2.35. The summed E-state index contributed by atoms with van der Waals surface area (Å²) in [6.45, 7) is 3.64. The Morgan fingerprint density at radius 1 is 1.38 bits per heavy atom. The van der Waals surface area contributed by atoms with Crippen molar-refractivity contribution in [2.24, 2.45) is 7.05 Å². The van der Waals surface area contributed by atoms with Gasteiger partial charge in [-0.25, -0.2) is 4.79 Å². The number of benzene rings is 1. The summed E-state index contributed by atoms with van der Waals surface area (Å²) in [7, 11) is 1.72. The molecular formula is C12H13NO3. The van der Waals surface area contributed by atoms with E-state index in [0.717, 1.165) is 18.7 Å². The molecule has 0 radical (unpaired) electrons. The Kier molecular flexibility index (Phi) is 1.80. The summed E-state index contributed by atoms with van der Waals surface area (Å²) in [5.41, 5.74) is 2.76. The maximum atomic E-state index is 11.4. The Balaban J connectivity index is 2.22. The molecule has 3 rings (SSSR count). The van der Waals surface area contributed by atoms with Crippen molar-refractivity contribution in [2.75, 3.05) is 13.2 Å². The molecule has 0 atom stereocenters. The van der Waals surface area contributed by atoms with Gasteiger partial charge in [0.1, 0.15) is 0 Å². The normalized spacial score (nSPS) is 18.6. The lowest BCUT2D eigenvalue weighted by Crippen LogP contribution is -2.43. The highest BCUT2D eigenvalue weighted by molar-refractivity contribution is 5.74. The van der Waals surface area contributed by atoms with E-state index in [0.29, 0.717) is 5.58 Å². The van der Waals surface area contributed by atoms with Crippen LogP contribution in [0.2, 0.25) is 0 Å². The molecule has 1 fully saturated rings. The largest absolute Gasteiger partial charge is 0.419 e. The van der Waals surface area contributed by atoms with Crippen molar-refractivity contribution in [1.82, 2.24) is 4.57 Å². The fourth-order valence-electron chi connectivity index (χ4n) is 2.08. The van der Waals surface area contributed by atoms with Gasteiger partial charge in [-0.15, -0.1) is 0 Å². The van der Waals surface area contributed by atoms with Gasteiger partial charge in [0.15, 0.2) is 5.58 Å². The van der Waals surface area contributed by atoms with E-state index in [2.05, 4.69) is 6.92 Å². The predicted molar refractivity (Wildman–Crippen MR) is 59.6 cm³/mol. The van der Waals surface area contributed by atoms with E-state index >= 15 is 0 Å². The highest BCUT2D eigenvalue weighted by Crippen LogP contribution is 2.33. The van der Waals surface area contributed by atoms with Gasteiger partial charge in [-0.2, -0.15) is 0 Å². The van der Waals surface area contributed by atoms with Gasteiger partial charge in [-0.3, -0.25) is 4.57 Å². The van der Waals surface area contributed by atoms with Crippen LogP contribution in [-0.4, -0.2) is 17.8 Å². The van der Waals surface area contributed by atoms with Gasteiger partial charge < -0.3 is 9.15 Å². The molecule has 1 aromatic carbocycles. The van der Waals surface area contributed by atoms with Crippen molar-refractivity contribution in [3.8, 4) is 0 Å². The Hall–Kier alpha value is -1.55. The lowest BCUT2D eigenvalue weighted by molar-refractivity contribution is -0.0499. The van der Waals surface area contributed by atoms with Crippen LogP contribution in [0.4, 0.5) is 0 Å². The molecule has 1 aromatic heterocycles. The van der Waals surface area contributed by atoms with Crippen molar-refractivity contribution in [3.63, 3.8) is 0 Å². The number of aromatic nitrogens is 1. The van der Waals surface area contributed by atoms with E-state index in [1.165, 1.54) is 10.1 Å². The molecule has 84 valence electrons. The van der Waals surface area contributed by atoms with Crippen molar-refractivity contribution >= 4 is 11.1 Å². The first-order valence-electron chi connectivity index (χ1n) is 5.28. The average molecular weight is 219 g/mol. The van der Waals surface area contributed by atoms with Gasteiger partial charge in [0.2, 0.25) is 0 Å². The van der Waals surface area contributed by atoms with E-state index in [4.69, 9.17) is 9.15 Å². The molecular weight excluding hydrogens is 206 g/mol. The van der Waals surface area contributed by atoms with Gasteiger partial charge >= 0.3 is 5.76 Å². The summed E-state index contributed by atoms with van der Waals surface area (Å²) in [4.78, 5) is 11.4. The molecule has 0 unspecified atom stereocenters. The van der Waals surface area contributed by atoms with Crippen LogP contribution in [0.15, 0.2) is 27.4 Å². The summed E-state index contributed by atoms with van der Waals surface area (Å²) in [6.07, 6.45) is 0. The monoisotopic (exact) mass is 219 g/mol. The van der Waals surface area contributed by atoms with Crippen LogP contribution >= 0.6 is 0 Å². The highest BCUT2D eigenvalue weighted by atomic mass is 16.5. The molecule has 0 aliphatic carbocycles. The predicted octanol–water partition coefficient (Wildman–Crippen LogP) is 1.42. The summed E-state index contributed by atoms with van der Waals surface area (Å²) in [6, 6.07) is 5.88. The maximum Gasteiger partial charge on any atom is 0.419 e. The molecule has 0 N–H and O–H groups in total. The molecule has 1 saturated heterocycles. The number of hydrogen-bond acceptors (Lipinski definition) is 3. The topological polar surface area (TPSA) is 44.4 Å². The minimum atomic E-state index is -0.317. The number of rotatable bonds is 1. The summed E-state index contributed by atoms with van der Waals surface area (Å²) < 4.78 is 11.9. The fourth-order valence-corrected chi connectivity index (χ4v) is 2.08. The molecule has 4 nitrogen and oxygen atoms in total. The summed E-state index contributed by atoms with van der Waals surface area (Å²) in [5, 5.41) is 0. The SMILES string of the molecule is Cn1c(=O)oc2ccc(C3(C)COC3)cc21. The Bertz CT molecular complexity index is 604. The zero-order valence-electron chi connectivity index (χ0n) is 9.32. The van der Waals surface area contributed by atoms with Gasteiger partial charge in [-0.05, 0) is 17.7 Å². The molecule has 2 aromatic rings. The third-order valence-electron chi connectivity index (χ3n) is 3.33. The second kappa shape index (κ2) is 2.98. The number of hydrogen-bond donors (Lipinski definition) is 0. The number of oxazole rings is 1. The zero-order valence-corrected chi connectivity index (χ0v) is 9.32. The smallest absolute Gasteiger partial charge is 0.408 e. The van der Waals surface area contributed by atoms with Gasteiger partial charge in [-0.1, -0.05) is 13.0 Å². The third-order valence-corrected chi connectivity index (χ3v) is 3.33. The number of fused-ring (bicyclic) bond motifs is 1. The van der Waals surface area contributed by atoms with E-state index in [-0.39, 0.29) is 11.2 Å². The first-order chi connectivity index (χ1) is 7.60. The second-order valence-corrected chi connectivity index (χ2v) is 4.66. The van der Waals surface area contributed by atoms with E-state index in [1.54, 1.807) is 7.05 Å². The van der Waals surface area contributed by atoms with Crippen molar-refractivity contribution in [1.29, 1.82) is 0 Å². The molecule has 4 heteroatoms. The first kappa shape index (κ1) is 9.66. The lowest BCUT2D eigenvalue weighted by atomic mass is 9.81. The van der Waals surface area contributed by atoms with Crippen LogP contribution in [0.25, 0.3) is 11.1 Å². The summed E-state index contributed by atoms with van der Waals surface area (Å²) >= 11 is 0. The van der Waals surface area contributed by atoms with Gasteiger partial charge in [0.05, 0.1) is 18.7 Å². The fraction of sp³-hybridized carbons (Fsp3) is 0.417. The van der Waals surface area contributed by atoms with E-state index < -0.39 is 0 Å². The number of nitrogens with zero attached hydrogens (tertiary/aromatic N) is 1. The molecule has 0 spiro atoms. The van der Waals surface area contributed by atoms with E-state index in [9.17, 15) is 4.79 Å². The van der Waals surface area contributed by atoms with Crippen molar-refractivity contribution in [2.45, 2.75) is 12.3 Å². The maximum absolute atomic E-state index is 11.4. The Morgan fingerprint density at radius 2 is 2.12 bits per heavy atom. The van der Waals surface area contributed by atoms with Gasteiger partial charge in [0.25, 0.3) is 0 Å². The van der Waals surface area contributed by atoms with Crippen LogP contribution in [0, 0.1) is 0 Å². The minimum absolute atomic E-state index is 0.0848. The molecule has 0 amide bonds. The van der Waals surface area contributed by atoms with E-state index in [1.807, 2.05) is 18.2 Å². The Morgan fingerprint density at radius 3 is 2.75 bits per heavy atom. The molecule has 2 heterocycles. The first-order valence-corrected chi connectivity index (χ1v) is 5.28. The molecule has 1 aliphatic rings. The van der Waals surface area contributed by atoms with Crippen LogP contribution in [0.5, 0.6) is 0 Å². The van der Waals surface area contributed by atoms with Crippen LogP contribution < -0.4 is 5.76 Å². The Labute approximate surface area is 92.4 Å². The van der Waals surface area contributed by atoms with Crippen LogP contribution in [-0.2, 0) is 17.2 Å². The quantitative estimate of drug-likeness (QED) is 0.728. The van der Waals surface area contributed by atoms with Crippen molar-refractivity contribution in [3.05, 3.63) is 34.3 Å². The van der Waals surface area contributed by atoms with Crippen LogP contribution in [0.1, 0.15) is 12.5 Å². The van der Waals surface area contributed by atoms with Crippen LogP contribution in [0.3, 0.4) is 0 Å². The third kappa shape index (κ3) is 1.16. The number of aryl methyl sites for hydroxylation is 1. The zero-order chi connectivity index (χ0) is 11.3. The standard InChI is InChI=1S/C12H13NO3/c1-12(6-15-7-12)8-3-4-10-9(5-8)13(2)11(14)16-10/h3-5H,6-7H2,1-2H3. The van der Waals surface area contributed by atoms with Gasteiger partial charge in [0, 0.05) is 12.5 Å². The molecule has 0 saturated carbocycles. The van der Waals surface area contributed by atoms with Crippen molar-refractivity contribution < 1.29 is 9.15 Å². The average Bonchev–Trinajstić information content (AvgIpc) is 2.51. The molecule has 1 aliphatic heterocycles. The molecule has 16 heavy (non-hydrogen) atoms. The molecule has 0 bridgehead atoms. The second-order valence-electron chi connectivity index (χ2n) is 4.66.